The van der Waals surface area contributed by atoms with Gasteiger partial charge in [0.15, 0.2) is 5.82 Å². The molecule has 2 aromatic heterocycles. The summed E-state index contributed by atoms with van der Waals surface area (Å²) in [5.74, 6) is 0.509. The molecule has 6 heteroatoms. The Morgan fingerprint density at radius 2 is 2.13 bits per heavy atom. The van der Waals surface area contributed by atoms with Gasteiger partial charge in [0.05, 0.1) is 0 Å². The van der Waals surface area contributed by atoms with E-state index in [1.54, 1.807) is 10.9 Å². The summed E-state index contributed by atoms with van der Waals surface area (Å²) < 4.78 is 1.79. The summed E-state index contributed by atoms with van der Waals surface area (Å²) >= 11 is 0. The van der Waals surface area contributed by atoms with Crippen molar-refractivity contribution in [3.8, 4) is 5.69 Å². The first kappa shape index (κ1) is 7.98. The Hall–Kier alpha value is -2.37. The van der Waals surface area contributed by atoms with Crippen LogP contribution in [0.5, 0.6) is 0 Å². The standard InChI is InChI=1S/C9H8N6/c10-9-8(5-11-13-9)15-7-4-2-1-3-6(7)12-14-15/h1-5H,(H3,10,11,12,13,14)/p+1. The number of hydrogen-bond donors (Lipinski definition) is 3. The molecule has 2 heterocycles. The number of para-hydroxylation sites is 2. The highest BCUT2D eigenvalue weighted by atomic mass is 15.4. The Balaban J connectivity index is 2.32. The second kappa shape index (κ2) is 2.81. The van der Waals surface area contributed by atoms with Crippen molar-refractivity contribution in [1.29, 1.82) is 0 Å². The van der Waals surface area contributed by atoms with Crippen LogP contribution in [0.2, 0.25) is 0 Å². The van der Waals surface area contributed by atoms with Crippen molar-refractivity contribution in [2.24, 2.45) is 0 Å². The summed E-state index contributed by atoms with van der Waals surface area (Å²) in [4.78, 5) is 0. The molecule has 74 valence electrons. The number of anilines is 1. The Kier molecular flexibility index (Phi) is 1.49. The second-order valence-electron chi connectivity index (χ2n) is 3.20. The van der Waals surface area contributed by atoms with Gasteiger partial charge in [0.1, 0.15) is 6.20 Å². The number of hydrogen-bond acceptors (Lipinski definition) is 3. The molecule has 0 radical (unpaired) electrons. The Bertz CT molecular complexity index is 608. The molecular weight excluding hydrogens is 192 g/mol. The number of aromatic nitrogens is 5. The molecule has 0 aliphatic carbocycles. The predicted octanol–water partition coefficient (Wildman–Crippen LogP) is 0.145. The minimum Gasteiger partial charge on any atom is -0.380 e. The molecule has 0 bridgehead atoms. The van der Waals surface area contributed by atoms with Crippen molar-refractivity contribution in [1.82, 2.24) is 20.5 Å². The minimum atomic E-state index is 0.509. The monoisotopic (exact) mass is 201 g/mol. The van der Waals surface area contributed by atoms with Crippen LogP contribution < -0.4 is 10.4 Å². The van der Waals surface area contributed by atoms with E-state index < -0.39 is 0 Å². The largest absolute Gasteiger partial charge is 0.380 e. The van der Waals surface area contributed by atoms with Gasteiger partial charge in [-0.15, -0.1) is 4.68 Å². The van der Waals surface area contributed by atoms with Gasteiger partial charge in [0.25, 0.3) is 0 Å². The van der Waals surface area contributed by atoms with E-state index in [1.807, 2.05) is 24.3 Å². The van der Waals surface area contributed by atoms with E-state index >= 15 is 0 Å². The lowest BCUT2D eigenvalue weighted by molar-refractivity contribution is -0.633. The summed E-state index contributed by atoms with van der Waals surface area (Å²) in [7, 11) is 0. The average Bonchev–Trinajstić information content (AvgIpc) is 2.83. The second-order valence-corrected chi connectivity index (χ2v) is 3.20. The molecule has 0 aliphatic rings. The van der Waals surface area contributed by atoms with Gasteiger partial charge < -0.3 is 5.73 Å². The zero-order valence-electron chi connectivity index (χ0n) is 7.81. The quantitative estimate of drug-likeness (QED) is 0.489. The Labute approximate surface area is 84.7 Å². The molecule has 0 fully saturated rings. The van der Waals surface area contributed by atoms with Gasteiger partial charge in [0, 0.05) is 5.10 Å². The van der Waals surface area contributed by atoms with Crippen LogP contribution in [-0.2, 0) is 0 Å². The minimum absolute atomic E-state index is 0.509. The molecular formula is C9H9N6+. The maximum Gasteiger partial charge on any atom is 0.249 e. The van der Waals surface area contributed by atoms with Crippen molar-refractivity contribution in [2.45, 2.75) is 0 Å². The number of fused-ring (bicyclic) bond motifs is 1. The molecule has 6 nitrogen and oxygen atoms in total. The van der Waals surface area contributed by atoms with Crippen molar-refractivity contribution in [3.05, 3.63) is 30.5 Å². The van der Waals surface area contributed by atoms with Gasteiger partial charge >= 0.3 is 0 Å². The topological polar surface area (TPSA) is 87.3 Å². The van der Waals surface area contributed by atoms with E-state index in [1.165, 1.54) is 0 Å². The van der Waals surface area contributed by atoms with Gasteiger partial charge in [-0.3, -0.25) is 5.10 Å². The van der Waals surface area contributed by atoms with E-state index in [0.29, 0.717) is 5.82 Å². The normalized spacial score (nSPS) is 10.9. The van der Waals surface area contributed by atoms with E-state index in [2.05, 4.69) is 20.5 Å². The zero-order chi connectivity index (χ0) is 10.3. The lowest BCUT2D eigenvalue weighted by Crippen LogP contribution is -2.33. The van der Waals surface area contributed by atoms with Gasteiger partial charge in [-0.25, -0.2) is 0 Å². The van der Waals surface area contributed by atoms with Crippen LogP contribution in [0, 0.1) is 0 Å². The molecule has 3 aromatic rings. The van der Waals surface area contributed by atoms with Crippen LogP contribution in [0.3, 0.4) is 0 Å². The van der Waals surface area contributed by atoms with E-state index in [-0.39, 0.29) is 0 Å². The third-order valence-corrected chi connectivity index (χ3v) is 2.28. The molecule has 15 heavy (non-hydrogen) atoms. The summed E-state index contributed by atoms with van der Waals surface area (Å²) in [5, 5.41) is 13.6. The maximum atomic E-state index is 5.74. The fourth-order valence-corrected chi connectivity index (χ4v) is 1.56. The Morgan fingerprint density at radius 3 is 2.93 bits per heavy atom. The molecule has 3 rings (SSSR count). The number of H-pyrrole nitrogens is 2. The van der Waals surface area contributed by atoms with E-state index in [0.717, 1.165) is 16.7 Å². The SMILES string of the molecule is Nc1[nH]ncc1-[n+]1[nH]nc2ccccc21. The predicted molar refractivity (Wildman–Crippen MR) is 54.2 cm³/mol. The van der Waals surface area contributed by atoms with Crippen LogP contribution in [-0.4, -0.2) is 20.5 Å². The summed E-state index contributed by atoms with van der Waals surface area (Å²) in [5.41, 5.74) is 8.35. The van der Waals surface area contributed by atoms with Crippen LogP contribution in [0.15, 0.2) is 30.5 Å². The highest BCUT2D eigenvalue weighted by Crippen LogP contribution is 2.10. The average molecular weight is 201 g/mol. The number of nitrogens with zero attached hydrogens (tertiary/aromatic N) is 3. The molecule has 0 unspecified atom stereocenters. The van der Waals surface area contributed by atoms with Gasteiger partial charge in [-0.1, -0.05) is 17.3 Å². The maximum absolute atomic E-state index is 5.74. The summed E-state index contributed by atoms with van der Waals surface area (Å²) in [6, 6.07) is 7.78. The van der Waals surface area contributed by atoms with Crippen molar-refractivity contribution < 1.29 is 4.68 Å². The highest BCUT2D eigenvalue weighted by Gasteiger charge is 2.16. The summed E-state index contributed by atoms with van der Waals surface area (Å²) in [6.07, 6.45) is 1.65. The first-order valence-corrected chi connectivity index (χ1v) is 4.50. The van der Waals surface area contributed by atoms with Crippen LogP contribution in [0.4, 0.5) is 5.82 Å². The first-order chi connectivity index (χ1) is 7.36. The third kappa shape index (κ3) is 1.08. The number of benzene rings is 1. The van der Waals surface area contributed by atoms with Gasteiger partial charge in [0.2, 0.25) is 16.7 Å². The number of aromatic amines is 2. The summed E-state index contributed by atoms with van der Waals surface area (Å²) in [6.45, 7) is 0. The van der Waals surface area contributed by atoms with E-state index in [4.69, 9.17) is 5.73 Å². The molecule has 0 amide bonds. The third-order valence-electron chi connectivity index (χ3n) is 2.28. The number of nitrogen functional groups attached to an aromatic ring is 1. The fourth-order valence-electron chi connectivity index (χ4n) is 1.56. The van der Waals surface area contributed by atoms with Crippen molar-refractivity contribution >= 4 is 16.9 Å². The number of rotatable bonds is 1. The number of nitrogens with two attached hydrogens (primary N) is 1. The van der Waals surface area contributed by atoms with Crippen molar-refractivity contribution in [2.75, 3.05) is 5.73 Å². The smallest absolute Gasteiger partial charge is 0.249 e. The highest BCUT2D eigenvalue weighted by molar-refractivity contribution is 5.70. The molecule has 0 atom stereocenters. The molecule has 0 aliphatic heterocycles. The number of nitrogens with one attached hydrogen (secondary N) is 2. The fraction of sp³-hybridized carbons (Fsp3) is 0. The Morgan fingerprint density at radius 1 is 1.27 bits per heavy atom. The van der Waals surface area contributed by atoms with Crippen LogP contribution in [0.25, 0.3) is 16.7 Å². The lowest BCUT2D eigenvalue weighted by Gasteiger charge is -1.91. The molecule has 0 saturated heterocycles. The van der Waals surface area contributed by atoms with Crippen molar-refractivity contribution in [3.63, 3.8) is 0 Å². The van der Waals surface area contributed by atoms with E-state index in [9.17, 15) is 0 Å². The lowest BCUT2D eigenvalue weighted by atomic mass is 10.3. The molecule has 0 saturated carbocycles. The molecule has 0 spiro atoms. The van der Waals surface area contributed by atoms with Gasteiger partial charge in [-0.05, 0) is 12.1 Å². The zero-order valence-corrected chi connectivity index (χ0v) is 7.81. The first-order valence-electron chi connectivity index (χ1n) is 4.50. The molecule has 1 aromatic carbocycles. The van der Waals surface area contributed by atoms with Gasteiger partial charge in [-0.2, -0.15) is 5.10 Å². The molecule has 4 N–H and O–H groups in total. The van der Waals surface area contributed by atoms with Crippen LogP contribution >= 0.6 is 0 Å². The van der Waals surface area contributed by atoms with Crippen LogP contribution in [0.1, 0.15) is 0 Å².